The van der Waals surface area contributed by atoms with Crippen molar-refractivity contribution in [3.05, 3.63) is 71.7 Å². The molecule has 2 heterocycles. The molecule has 0 amide bonds. The zero-order chi connectivity index (χ0) is 18.5. The molecule has 1 N–H and O–H groups in total. The molecular weight excluding hydrogens is 343 g/mol. The van der Waals surface area contributed by atoms with Gasteiger partial charge in [0.05, 0.1) is 6.10 Å². The van der Waals surface area contributed by atoms with Crippen LogP contribution in [0.4, 0.5) is 4.39 Å². The van der Waals surface area contributed by atoms with Crippen molar-refractivity contribution < 1.29 is 9.13 Å². The molecule has 140 valence electrons. The molecule has 5 nitrogen and oxygen atoms in total. The number of benzene rings is 2. The monoisotopic (exact) mass is 366 g/mol. The summed E-state index contributed by atoms with van der Waals surface area (Å²) in [7, 11) is 0. The summed E-state index contributed by atoms with van der Waals surface area (Å²) in [6, 6.07) is 16.9. The van der Waals surface area contributed by atoms with E-state index < -0.39 is 0 Å². The van der Waals surface area contributed by atoms with E-state index in [-0.39, 0.29) is 11.9 Å². The minimum absolute atomic E-state index is 0.182. The van der Waals surface area contributed by atoms with Crippen LogP contribution >= 0.6 is 0 Å². The van der Waals surface area contributed by atoms with E-state index >= 15 is 0 Å². The van der Waals surface area contributed by atoms with Gasteiger partial charge in [-0.15, -0.1) is 0 Å². The van der Waals surface area contributed by atoms with Gasteiger partial charge >= 0.3 is 0 Å². The van der Waals surface area contributed by atoms with Crippen molar-refractivity contribution in [2.45, 2.75) is 32.0 Å². The van der Waals surface area contributed by atoms with Gasteiger partial charge in [0.15, 0.2) is 0 Å². The highest BCUT2D eigenvalue weighted by Crippen LogP contribution is 2.23. The van der Waals surface area contributed by atoms with Gasteiger partial charge in [-0.1, -0.05) is 48.5 Å². The molecule has 1 saturated heterocycles. The molecule has 0 radical (unpaired) electrons. The maximum atomic E-state index is 14.2. The Morgan fingerprint density at radius 1 is 1.04 bits per heavy atom. The number of H-pyrrole nitrogens is 1. The average Bonchev–Trinajstić information content (AvgIpc) is 3.36. The summed E-state index contributed by atoms with van der Waals surface area (Å²) in [5.74, 6) is -0.182. The fourth-order valence-corrected chi connectivity index (χ4v) is 3.53. The van der Waals surface area contributed by atoms with Gasteiger partial charge in [0.25, 0.3) is 0 Å². The SMILES string of the molecule is Fc1ccccc1CN(Cc1n[nH]nc1-c1ccccc1)CC1CCCO1. The Morgan fingerprint density at radius 3 is 2.63 bits per heavy atom. The second kappa shape index (κ2) is 8.41. The Bertz CT molecular complexity index is 861. The molecule has 0 aliphatic carbocycles. The quantitative estimate of drug-likeness (QED) is 0.691. The fourth-order valence-electron chi connectivity index (χ4n) is 3.53. The lowest BCUT2D eigenvalue weighted by Gasteiger charge is -2.25. The minimum Gasteiger partial charge on any atom is -0.377 e. The molecule has 6 heteroatoms. The van der Waals surface area contributed by atoms with Crippen LogP contribution in [0.15, 0.2) is 54.6 Å². The van der Waals surface area contributed by atoms with E-state index in [0.717, 1.165) is 42.9 Å². The lowest BCUT2D eigenvalue weighted by Crippen LogP contribution is -2.32. The van der Waals surface area contributed by atoms with Crippen molar-refractivity contribution in [1.29, 1.82) is 0 Å². The first kappa shape index (κ1) is 17.8. The number of aromatic nitrogens is 3. The van der Waals surface area contributed by atoms with Crippen LogP contribution in [0.3, 0.4) is 0 Å². The van der Waals surface area contributed by atoms with Crippen molar-refractivity contribution in [3.8, 4) is 11.3 Å². The smallest absolute Gasteiger partial charge is 0.127 e. The van der Waals surface area contributed by atoms with Crippen LogP contribution in [0.2, 0.25) is 0 Å². The van der Waals surface area contributed by atoms with Gasteiger partial charge in [0.1, 0.15) is 17.2 Å². The fraction of sp³-hybridized carbons (Fsp3) is 0.333. The first-order valence-corrected chi connectivity index (χ1v) is 9.32. The average molecular weight is 366 g/mol. The van der Waals surface area contributed by atoms with Crippen molar-refractivity contribution in [3.63, 3.8) is 0 Å². The van der Waals surface area contributed by atoms with Crippen molar-refractivity contribution >= 4 is 0 Å². The molecule has 2 aromatic carbocycles. The van der Waals surface area contributed by atoms with Gasteiger partial charge < -0.3 is 4.74 Å². The van der Waals surface area contributed by atoms with E-state index in [1.54, 1.807) is 6.07 Å². The molecule has 1 unspecified atom stereocenters. The zero-order valence-corrected chi connectivity index (χ0v) is 15.1. The Balaban J connectivity index is 1.56. The molecule has 3 aromatic rings. The Morgan fingerprint density at radius 2 is 1.85 bits per heavy atom. The standard InChI is InChI=1S/C21H23FN4O/c22-19-11-5-4-9-17(19)13-26(14-18-10-6-12-27-18)15-20-21(24-25-23-20)16-7-2-1-3-8-16/h1-5,7-9,11,18H,6,10,12-15H2,(H,23,24,25). The zero-order valence-electron chi connectivity index (χ0n) is 15.1. The maximum Gasteiger partial charge on any atom is 0.127 e. The third kappa shape index (κ3) is 4.40. The van der Waals surface area contributed by atoms with Crippen LogP contribution in [0.5, 0.6) is 0 Å². The largest absolute Gasteiger partial charge is 0.377 e. The van der Waals surface area contributed by atoms with Crippen LogP contribution in [0, 0.1) is 5.82 Å². The number of rotatable bonds is 7. The molecule has 0 bridgehead atoms. The lowest BCUT2D eigenvalue weighted by molar-refractivity contribution is 0.0671. The van der Waals surface area contributed by atoms with Gasteiger partial charge in [0.2, 0.25) is 0 Å². The third-order valence-electron chi connectivity index (χ3n) is 4.88. The molecular formula is C21H23FN4O. The topological polar surface area (TPSA) is 54.0 Å². The normalized spacial score (nSPS) is 16.9. The summed E-state index contributed by atoms with van der Waals surface area (Å²) in [6.45, 7) is 2.63. The molecule has 1 aromatic heterocycles. The van der Waals surface area contributed by atoms with Crippen LogP contribution in [-0.2, 0) is 17.8 Å². The minimum atomic E-state index is -0.182. The van der Waals surface area contributed by atoms with Gasteiger partial charge in [-0.05, 0) is 18.9 Å². The van der Waals surface area contributed by atoms with Crippen molar-refractivity contribution in [2.75, 3.05) is 13.2 Å². The molecule has 1 fully saturated rings. The van der Waals surface area contributed by atoms with Crippen LogP contribution in [-0.4, -0.2) is 39.6 Å². The number of aromatic amines is 1. The lowest BCUT2D eigenvalue weighted by atomic mass is 10.1. The second-order valence-electron chi connectivity index (χ2n) is 6.88. The number of ether oxygens (including phenoxy) is 1. The molecule has 0 saturated carbocycles. The summed E-state index contributed by atoms with van der Waals surface area (Å²) in [6.07, 6.45) is 2.30. The number of hydrogen-bond acceptors (Lipinski definition) is 4. The molecule has 0 spiro atoms. The van der Waals surface area contributed by atoms with Crippen molar-refractivity contribution in [1.82, 2.24) is 20.3 Å². The molecule has 27 heavy (non-hydrogen) atoms. The summed E-state index contributed by atoms with van der Waals surface area (Å²) >= 11 is 0. The van der Waals surface area contributed by atoms with E-state index in [4.69, 9.17) is 4.74 Å². The van der Waals surface area contributed by atoms with Gasteiger partial charge in [0, 0.05) is 37.4 Å². The predicted octanol–water partition coefficient (Wildman–Crippen LogP) is 3.79. The Kier molecular flexibility index (Phi) is 5.55. The van der Waals surface area contributed by atoms with Gasteiger partial charge in [-0.3, -0.25) is 4.90 Å². The first-order valence-electron chi connectivity index (χ1n) is 9.32. The Hall–Kier alpha value is -2.57. The van der Waals surface area contributed by atoms with Crippen LogP contribution in [0.25, 0.3) is 11.3 Å². The van der Waals surface area contributed by atoms with Crippen LogP contribution in [0.1, 0.15) is 24.1 Å². The van der Waals surface area contributed by atoms with Crippen molar-refractivity contribution in [2.24, 2.45) is 0 Å². The number of nitrogens with one attached hydrogen (secondary N) is 1. The number of halogens is 1. The number of nitrogens with zero attached hydrogens (tertiary/aromatic N) is 3. The number of hydrogen-bond donors (Lipinski definition) is 1. The van der Waals surface area contributed by atoms with E-state index in [0.29, 0.717) is 18.7 Å². The maximum absolute atomic E-state index is 14.2. The molecule has 1 aliphatic rings. The molecule has 1 aliphatic heterocycles. The summed E-state index contributed by atoms with van der Waals surface area (Å²) in [5.41, 5.74) is 3.39. The predicted molar refractivity (Wildman–Crippen MR) is 101 cm³/mol. The molecule has 1 atom stereocenters. The second-order valence-corrected chi connectivity index (χ2v) is 6.88. The third-order valence-corrected chi connectivity index (χ3v) is 4.88. The summed E-state index contributed by atoms with van der Waals surface area (Å²) < 4.78 is 20.0. The van der Waals surface area contributed by atoms with E-state index in [1.807, 2.05) is 42.5 Å². The van der Waals surface area contributed by atoms with E-state index in [9.17, 15) is 4.39 Å². The van der Waals surface area contributed by atoms with Gasteiger partial charge in [-0.25, -0.2) is 4.39 Å². The Labute approximate surface area is 158 Å². The first-order chi connectivity index (χ1) is 13.3. The highest BCUT2D eigenvalue weighted by Gasteiger charge is 2.22. The van der Waals surface area contributed by atoms with Gasteiger partial charge in [-0.2, -0.15) is 15.4 Å². The van der Waals surface area contributed by atoms with E-state index in [1.165, 1.54) is 6.07 Å². The molecule has 4 rings (SSSR count). The highest BCUT2D eigenvalue weighted by molar-refractivity contribution is 5.60. The van der Waals surface area contributed by atoms with E-state index in [2.05, 4.69) is 20.3 Å². The highest BCUT2D eigenvalue weighted by atomic mass is 19.1. The summed E-state index contributed by atoms with van der Waals surface area (Å²) in [4.78, 5) is 2.19. The van der Waals surface area contributed by atoms with Crippen LogP contribution < -0.4 is 0 Å². The summed E-state index contributed by atoms with van der Waals surface area (Å²) in [5, 5.41) is 11.4.